The zero-order valence-corrected chi connectivity index (χ0v) is 18.2. The van der Waals surface area contributed by atoms with E-state index in [1.165, 1.54) is 5.56 Å². The predicted octanol–water partition coefficient (Wildman–Crippen LogP) is 2.56. The topological polar surface area (TPSA) is 76.6 Å². The number of hydrogen-bond donors (Lipinski definition) is 0. The minimum Gasteiger partial charge on any atom is -0.492 e. The zero-order chi connectivity index (χ0) is 21.7. The minimum atomic E-state index is 0.152. The van der Waals surface area contributed by atoms with Crippen molar-refractivity contribution in [3.8, 4) is 5.75 Å². The molecule has 32 heavy (non-hydrogen) atoms. The summed E-state index contributed by atoms with van der Waals surface area (Å²) in [7, 11) is 0. The van der Waals surface area contributed by atoms with Crippen LogP contribution in [0.5, 0.6) is 5.75 Å². The van der Waals surface area contributed by atoms with Crippen molar-refractivity contribution in [2.75, 3.05) is 31.1 Å². The SMILES string of the molecule is Cc1nc(N2C[C@@H]3C[C@H](C2)c2ccc(CN4CCOc5ccccc5C4)c(=O)n2C3)no1. The van der Waals surface area contributed by atoms with Crippen LogP contribution in [0.2, 0.25) is 0 Å². The van der Waals surface area contributed by atoms with E-state index in [4.69, 9.17) is 9.26 Å². The lowest BCUT2D eigenvalue weighted by Crippen LogP contribution is -2.48. The summed E-state index contributed by atoms with van der Waals surface area (Å²) in [6.45, 7) is 7.10. The summed E-state index contributed by atoms with van der Waals surface area (Å²) in [4.78, 5) is 22.4. The first kappa shape index (κ1) is 19.5. The second kappa shape index (κ2) is 7.78. The van der Waals surface area contributed by atoms with E-state index in [-0.39, 0.29) is 5.56 Å². The fraction of sp³-hybridized carbons (Fsp3) is 0.458. The maximum absolute atomic E-state index is 13.5. The quantitative estimate of drug-likeness (QED) is 0.628. The van der Waals surface area contributed by atoms with Gasteiger partial charge in [0.15, 0.2) is 0 Å². The van der Waals surface area contributed by atoms with E-state index < -0.39 is 0 Å². The summed E-state index contributed by atoms with van der Waals surface area (Å²) in [5.41, 5.74) is 3.32. The van der Waals surface area contributed by atoms with Crippen molar-refractivity contribution in [3.63, 3.8) is 0 Å². The summed E-state index contributed by atoms with van der Waals surface area (Å²) < 4.78 is 13.1. The molecule has 0 radical (unpaired) electrons. The van der Waals surface area contributed by atoms with Crippen LogP contribution in [0, 0.1) is 12.8 Å². The van der Waals surface area contributed by atoms with Crippen molar-refractivity contribution in [1.29, 1.82) is 0 Å². The number of ether oxygens (including phenoxy) is 1. The highest BCUT2D eigenvalue weighted by atomic mass is 16.5. The Hall–Kier alpha value is -3.13. The fourth-order valence-corrected chi connectivity index (χ4v) is 5.45. The molecule has 0 amide bonds. The van der Waals surface area contributed by atoms with Crippen molar-refractivity contribution >= 4 is 5.95 Å². The van der Waals surface area contributed by atoms with E-state index in [1.54, 1.807) is 0 Å². The number of benzene rings is 1. The third-order valence-electron chi connectivity index (χ3n) is 6.91. The number of aromatic nitrogens is 3. The van der Waals surface area contributed by atoms with Gasteiger partial charge in [0.2, 0.25) is 5.89 Å². The predicted molar refractivity (Wildman–Crippen MR) is 119 cm³/mol. The van der Waals surface area contributed by atoms with Crippen LogP contribution in [0.15, 0.2) is 45.7 Å². The molecule has 3 aromatic rings. The average Bonchev–Trinajstić information content (AvgIpc) is 3.12. The van der Waals surface area contributed by atoms with Crippen LogP contribution < -0.4 is 15.2 Å². The number of anilines is 1. The number of fused-ring (bicyclic) bond motifs is 5. The maximum Gasteiger partial charge on any atom is 0.266 e. The van der Waals surface area contributed by atoms with Crippen molar-refractivity contribution in [2.45, 2.75) is 38.9 Å². The first-order chi connectivity index (χ1) is 15.6. The Morgan fingerprint density at radius 1 is 1.12 bits per heavy atom. The highest BCUT2D eigenvalue weighted by Gasteiger charge is 2.36. The van der Waals surface area contributed by atoms with Crippen molar-refractivity contribution in [2.24, 2.45) is 5.92 Å². The van der Waals surface area contributed by atoms with Crippen molar-refractivity contribution in [1.82, 2.24) is 19.6 Å². The van der Waals surface area contributed by atoms with E-state index in [0.29, 0.717) is 36.8 Å². The number of pyridine rings is 1. The molecule has 1 aromatic carbocycles. The number of piperidine rings is 1. The van der Waals surface area contributed by atoms with E-state index in [9.17, 15) is 4.79 Å². The third-order valence-corrected chi connectivity index (χ3v) is 6.91. The van der Waals surface area contributed by atoms with Gasteiger partial charge in [0.05, 0.1) is 0 Å². The molecule has 2 bridgehead atoms. The second-order valence-corrected chi connectivity index (χ2v) is 9.18. The first-order valence-electron chi connectivity index (χ1n) is 11.3. The van der Waals surface area contributed by atoms with Crippen LogP contribution in [-0.2, 0) is 19.6 Å². The molecule has 6 rings (SSSR count). The van der Waals surface area contributed by atoms with E-state index in [2.05, 4.69) is 32.1 Å². The van der Waals surface area contributed by atoms with E-state index in [0.717, 1.165) is 56.2 Å². The Morgan fingerprint density at radius 2 is 2.03 bits per heavy atom. The molecule has 0 aliphatic carbocycles. The molecular weight excluding hydrogens is 406 g/mol. The normalized spacial score (nSPS) is 22.6. The molecule has 3 aliphatic rings. The molecule has 5 heterocycles. The summed E-state index contributed by atoms with van der Waals surface area (Å²) >= 11 is 0. The molecule has 166 valence electrons. The summed E-state index contributed by atoms with van der Waals surface area (Å²) in [6.07, 6.45) is 1.10. The number of hydrogen-bond acceptors (Lipinski definition) is 7. The van der Waals surface area contributed by atoms with Crippen molar-refractivity contribution in [3.05, 3.63) is 69.5 Å². The molecule has 0 spiro atoms. The molecule has 3 aliphatic heterocycles. The average molecular weight is 434 g/mol. The highest BCUT2D eigenvalue weighted by Crippen LogP contribution is 2.36. The lowest BCUT2D eigenvalue weighted by molar-refractivity contribution is 0.217. The molecule has 2 atom stereocenters. The molecule has 8 nitrogen and oxygen atoms in total. The molecule has 1 fully saturated rings. The minimum absolute atomic E-state index is 0.152. The molecular formula is C24H27N5O3. The Balaban J connectivity index is 1.24. The second-order valence-electron chi connectivity index (χ2n) is 9.18. The van der Waals surface area contributed by atoms with Gasteiger partial charge in [0, 0.05) is 68.9 Å². The third kappa shape index (κ3) is 3.48. The zero-order valence-electron chi connectivity index (χ0n) is 18.2. The number of rotatable bonds is 3. The summed E-state index contributed by atoms with van der Waals surface area (Å²) in [5.74, 6) is 2.91. The first-order valence-corrected chi connectivity index (χ1v) is 11.3. The van der Waals surface area contributed by atoms with Gasteiger partial charge in [-0.15, -0.1) is 0 Å². The molecule has 1 saturated heterocycles. The van der Waals surface area contributed by atoms with Crippen LogP contribution in [0.3, 0.4) is 0 Å². The van der Waals surface area contributed by atoms with Crippen LogP contribution in [0.1, 0.15) is 35.1 Å². The van der Waals surface area contributed by atoms with Gasteiger partial charge in [-0.05, 0) is 29.6 Å². The largest absolute Gasteiger partial charge is 0.492 e. The Bertz CT molecular complexity index is 1200. The Labute approximate surface area is 186 Å². The van der Waals surface area contributed by atoms with Crippen LogP contribution in [0.4, 0.5) is 5.95 Å². The van der Waals surface area contributed by atoms with E-state index in [1.807, 2.05) is 35.8 Å². The van der Waals surface area contributed by atoms with Crippen molar-refractivity contribution < 1.29 is 9.26 Å². The van der Waals surface area contributed by atoms with Gasteiger partial charge in [0.1, 0.15) is 12.4 Å². The lowest BCUT2D eigenvalue weighted by Gasteiger charge is -2.42. The van der Waals surface area contributed by atoms with Gasteiger partial charge in [-0.25, -0.2) is 0 Å². The Morgan fingerprint density at radius 3 is 2.91 bits per heavy atom. The van der Waals surface area contributed by atoms with Gasteiger partial charge in [0.25, 0.3) is 11.5 Å². The van der Waals surface area contributed by atoms with Gasteiger partial charge < -0.3 is 18.7 Å². The maximum atomic E-state index is 13.5. The highest BCUT2D eigenvalue weighted by molar-refractivity contribution is 5.35. The standard InChI is InChI=1S/C24H27N5O3/c1-16-25-24(26-32-16)28-11-17-10-20(15-28)21-7-6-19(23(30)29(21)12-17)14-27-8-9-31-22-5-3-2-4-18(22)13-27/h2-7,17,20H,8-15H2,1H3/t17-,20+/m0/s1. The number of nitrogens with zero attached hydrogens (tertiary/aromatic N) is 5. The van der Waals surface area contributed by atoms with E-state index >= 15 is 0 Å². The van der Waals surface area contributed by atoms with Crippen LogP contribution in [-0.4, -0.2) is 45.8 Å². The Kier molecular flexibility index (Phi) is 4.75. The smallest absolute Gasteiger partial charge is 0.266 e. The van der Waals surface area contributed by atoms with Crippen LogP contribution in [0.25, 0.3) is 0 Å². The monoisotopic (exact) mass is 433 g/mol. The number of para-hydroxylation sites is 1. The molecule has 8 heteroatoms. The summed E-state index contributed by atoms with van der Waals surface area (Å²) in [6, 6.07) is 12.4. The molecule has 0 N–H and O–H groups in total. The van der Waals surface area contributed by atoms with Gasteiger partial charge in [-0.3, -0.25) is 9.69 Å². The lowest BCUT2D eigenvalue weighted by atomic mass is 9.83. The van der Waals surface area contributed by atoms with Gasteiger partial charge in [-0.1, -0.05) is 24.3 Å². The van der Waals surface area contributed by atoms with Gasteiger partial charge in [-0.2, -0.15) is 4.98 Å². The molecule has 2 aromatic heterocycles. The summed E-state index contributed by atoms with van der Waals surface area (Å²) in [5, 5.41) is 4.10. The van der Waals surface area contributed by atoms with Crippen LogP contribution >= 0.6 is 0 Å². The van der Waals surface area contributed by atoms with Gasteiger partial charge >= 0.3 is 0 Å². The number of aryl methyl sites for hydroxylation is 1. The fourth-order valence-electron chi connectivity index (χ4n) is 5.45. The molecule has 0 unspecified atom stereocenters. The molecule has 0 saturated carbocycles.